The zero-order chi connectivity index (χ0) is 22.1. The first-order valence-electron chi connectivity index (χ1n) is 9.66. The standard InChI is InChI=1S/C21H19F2N5O3/c1-26-7-6-15(25-26)8-13-11-27(12-13)21(29)10-19-20(28(30)31)5-4-18(24-19)16-3-2-14(22)9-17(16)23/h2-7,9,13H,8,10-12H2,1H3. The lowest BCUT2D eigenvalue weighted by molar-refractivity contribution is -0.385. The third-order valence-corrected chi connectivity index (χ3v) is 5.25. The number of rotatable bonds is 6. The number of benzene rings is 1. The first-order chi connectivity index (χ1) is 14.8. The molecular weight excluding hydrogens is 408 g/mol. The molecule has 3 aromatic rings. The van der Waals surface area contributed by atoms with Gasteiger partial charge in [0.25, 0.3) is 5.69 Å². The Labute approximate surface area is 176 Å². The van der Waals surface area contributed by atoms with E-state index < -0.39 is 16.6 Å². The summed E-state index contributed by atoms with van der Waals surface area (Å²) in [6.07, 6.45) is 2.34. The Bertz CT molecular complexity index is 1160. The molecular formula is C21H19F2N5O3. The highest BCUT2D eigenvalue weighted by atomic mass is 19.1. The van der Waals surface area contributed by atoms with Crippen LogP contribution in [0.3, 0.4) is 0 Å². The molecule has 4 rings (SSSR count). The minimum atomic E-state index is -0.835. The largest absolute Gasteiger partial charge is 0.342 e. The van der Waals surface area contributed by atoms with Gasteiger partial charge in [-0.15, -0.1) is 0 Å². The highest BCUT2D eigenvalue weighted by Gasteiger charge is 2.32. The van der Waals surface area contributed by atoms with Gasteiger partial charge in [0.15, 0.2) is 0 Å². The van der Waals surface area contributed by atoms with E-state index in [-0.39, 0.29) is 40.9 Å². The number of carbonyl (C=O) groups is 1. The quantitative estimate of drug-likeness (QED) is 0.445. The van der Waals surface area contributed by atoms with E-state index >= 15 is 0 Å². The molecule has 160 valence electrons. The number of carbonyl (C=O) groups excluding carboxylic acids is 1. The SMILES string of the molecule is Cn1ccc(CC2CN(C(=O)Cc3nc(-c4ccc(F)cc4F)ccc3[N+](=O)[O-])C2)n1. The van der Waals surface area contributed by atoms with E-state index in [0.29, 0.717) is 19.2 Å². The molecule has 1 aliphatic heterocycles. The number of pyridine rings is 1. The maximum Gasteiger partial charge on any atom is 0.291 e. The molecule has 0 saturated carbocycles. The van der Waals surface area contributed by atoms with E-state index in [1.165, 1.54) is 18.2 Å². The number of aromatic nitrogens is 3. The first-order valence-corrected chi connectivity index (χ1v) is 9.66. The average Bonchev–Trinajstić information content (AvgIpc) is 3.09. The fourth-order valence-corrected chi connectivity index (χ4v) is 3.66. The second-order valence-corrected chi connectivity index (χ2v) is 7.57. The molecule has 1 aromatic carbocycles. The number of likely N-dealkylation sites (tertiary alicyclic amines) is 1. The normalized spacial score (nSPS) is 13.8. The van der Waals surface area contributed by atoms with Gasteiger partial charge in [0.1, 0.15) is 17.3 Å². The van der Waals surface area contributed by atoms with Crippen molar-refractivity contribution in [3.63, 3.8) is 0 Å². The smallest absolute Gasteiger partial charge is 0.291 e. The van der Waals surface area contributed by atoms with Gasteiger partial charge in [0.05, 0.1) is 22.7 Å². The van der Waals surface area contributed by atoms with Crippen molar-refractivity contribution in [2.75, 3.05) is 13.1 Å². The van der Waals surface area contributed by atoms with Crippen LogP contribution < -0.4 is 0 Å². The van der Waals surface area contributed by atoms with Gasteiger partial charge in [-0.1, -0.05) is 0 Å². The second kappa shape index (κ2) is 8.21. The molecule has 0 spiro atoms. The summed E-state index contributed by atoms with van der Waals surface area (Å²) in [6, 6.07) is 7.40. The molecule has 1 aliphatic rings. The van der Waals surface area contributed by atoms with Crippen LogP contribution in [0.5, 0.6) is 0 Å². The molecule has 1 fully saturated rings. The Hall–Kier alpha value is -3.69. The highest BCUT2D eigenvalue weighted by molar-refractivity contribution is 5.80. The van der Waals surface area contributed by atoms with Crippen molar-refractivity contribution in [1.29, 1.82) is 0 Å². The van der Waals surface area contributed by atoms with Crippen molar-refractivity contribution in [2.24, 2.45) is 13.0 Å². The zero-order valence-electron chi connectivity index (χ0n) is 16.7. The Morgan fingerprint density at radius 2 is 2.00 bits per heavy atom. The summed E-state index contributed by atoms with van der Waals surface area (Å²) in [5.41, 5.74) is 0.687. The number of hydrogen-bond acceptors (Lipinski definition) is 5. The number of amides is 1. The molecule has 0 bridgehead atoms. The predicted molar refractivity (Wildman–Crippen MR) is 107 cm³/mol. The monoisotopic (exact) mass is 427 g/mol. The van der Waals surface area contributed by atoms with Gasteiger partial charge in [-0.2, -0.15) is 5.10 Å². The van der Waals surface area contributed by atoms with E-state index in [1.807, 2.05) is 19.3 Å². The van der Waals surface area contributed by atoms with Gasteiger partial charge in [-0.05, 0) is 36.6 Å². The molecule has 0 atom stereocenters. The molecule has 1 amide bonds. The number of nitrogens with zero attached hydrogens (tertiary/aromatic N) is 5. The van der Waals surface area contributed by atoms with E-state index in [4.69, 9.17) is 0 Å². The summed E-state index contributed by atoms with van der Waals surface area (Å²) < 4.78 is 29.0. The summed E-state index contributed by atoms with van der Waals surface area (Å²) in [5, 5.41) is 15.7. The van der Waals surface area contributed by atoms with Crippen molar-refractivity contribution in [3.8, 4) is 11.3 Å². The Kier molecular flexibility index (Phi) is 5.45. The number of halogens is 2. The molecule has 8 nitrogen and oxygen atoms in total. The molecule has 0 radical (unpaired) electrons. The molecule has 2 aromatic heterocycles. The minimum Gasteiger partial charge on any atom is -0.342 e. The maximum atomic E-state index is 14.1. The van der Waals surface area contributed by atoms with Gasteiger partial charge >= 0.3 is 0 Å². The van der Waals surface area contributed by atoms with Crippen LogP contribution in [0, 0.1) is 27.7 Å². The lowest BCUT2D eigenvalue weighted by atomic mass is 9.94. The summed E-state index contributed by atoms with van der Waals surface area (Å²) >= 11 is 0. The lowest BCUT2D eigenvalue weighted by Crippen LogP contribution is -2.51. The zero-order valence-corrected chi connectivity index (χ0v) is 16.7. The van der Waals surface area contributed by atoms with Crippen molar-refractivity contribution in [3.05, 3.63) is 75.7 Å². The van der Waals surface area contributed by atoms with E-state index in [2.05, 4.69) is 10.1 Å². The second-order valence-electron chi connectivity index (χ2n) is 7.57. The third-order valence-electron chi connectivity index (χ3n) is 5.25. The molecule has 1 saturated heterocycles. The Balaban J connectivity index is 1.48. The van der Waals surface area contributed by atoms with Gasteiger partial charge in [-0.3, -0.25) is 19.6 Å². The van der Waals surface area contributed by atoms with Gasteiger partial charge < -0.3 is 4.90 Å². The van der Waals surface area contributed by atoms with Crippen LogP contribution in [-0.2, 0) is 24.7 Å². The van der Waals surface area contributed by atoms with Crippen molar-refractivity contribution < 1.29 is 18.5 Å². The summed E-state index contributed by atoms with van der Waals surface area (Å²) in [5.74, 6) is -1.58. The highest BCUT2D eigenvalue weighted by Crippen LogP contribution is 2.27. The van der Waals surface area contributed by atoms with Crippen LogP contribution in [0.25, 0.3) is 11.3 Å². The molecule has 0 unspecified atom stereocenters. The van der Waals surface area contributed by atoms with Crippen LogP contribution in [0.15, 0.2) is 42.6 Å². The van der Waals surface area contributed by atoms with E-state index in [9.17, 15) is 23.7 Å². The fourth-order valence-electron chi connectivity index (χ4n) is 3.66. The van der Waals surface area contributed by atoms with Crippen LogP contribution in [0.2, 0.25) is 0 Å². The molecule has 0 aliphatic carbocycles. The molecule has 31 heavy (non-hydrogen) atoms. The predicted octanol–water partition coefficient (Wildman–Crippen LogP) is 2.91. The topological polar surface area (TPSA) is 94.2 Å². The van der Waals surface area contributed by atoms with Crippen LogP contribution in [0.4, 0.5) is 14.5 Å². The molecule has 3 heterocycles. The summed E-state index contributed by atoms with van der Waals surface area (Å²) in [4.78, 5) is 29.2. The minimum absolute atomic E-state index is 0.00405. The number of aryl methyl sites for hydroxylation is 1. The van der Waals surface area contributed by atoms with Crippen molar-refractivity contribution in [2.45, 2.75) is 12.8 Å². The van der Waals surface area contributed by atoms with Crippen LogP contribution in [0.1, 0.15) is 11.4 Å². The van der Waals surface area contributed by atoms with E-state index in [0.717, 1.165) is 18.2 Å². The van der Waals surface area contributed by atoms with Gasteiger partial charge in [-0.25, -0.2) is 13.8 Å². The third kappa shape index (κ3) is 4.42. The fraction of sp³-hybridized carbons (Fsp3) is 0.286. The average molecular weight is 427 g/mol. The van der Waals surface area contributed by atoms with Crippen molar-refractivity contribution >= 4 is 11.6 Å². The van der Waals surface area contributed by atoms with Gasteiger partial charge in [0, 0.05) is 44.0 Å². The summed E-state index contributed by atoms with van der Waals surface area (Å²) in [7, 11) is 1.84. The van der Waals surface area contributed by atoms with E-state index in [1.54, 1.807) is 9.58 Å². The maximum absolute atomic E-state index is 14.1. The Morgan fingerprint density at radius 3 is 2.65 bits per heavy atom. The van der Waals surface area contributed by atoms with Crippen molar-refractivity contribution in [1.82, 2.24) is 19.7 Å². The summed E-state index contributed by atoms with van der Waals surface area (Å²) in [6.45, 7) is 1.07. The number of nitro groups is 1. The molecule has 10 heteroatoms. The first kappa shape index (κ1) is 20.6. The lowest BCUT2D eigenvalue weighted by Gasteiger charge is -2.39. The van der Waals surface area contributed by atoms with Crippen LogP contribution in [-0.4, -0.2) is 43.6 Å². The number of hydrogen-bond donors (Lipinski definition) is 0. The Morgan fingerprint density at radius 1 is 1.23 bits per heavy atom. The van der Waals surface area contributed by atoms with Gasteiger partial charge in [0.2, 0.25) is 5.91 Å². The van der Waals surface area contributed by atoms with Crippen LogP contribution >= 0.6 is 0 Å². The molecule has 0 N–H and O–H groups in total.